The molecule has 0 spiro atoms. The summed E-state index contributed by atoms with van der Waals surface area (Å²) in [4.78, 5) is 18.4. The zero-order chi connectivity index (χ0) is 25.5. The maximum Gasteiger partial charge on any atom is 0.319 e. The van der Waals surface area contributed by atoms with Crippen LogP contribution in [0.15, 0.2) is 18.3 Å². The van der Waals surface area contributed by atoms with Crippen molar-refractivity contribution in [1.29, 1.82) is 0 Å². The van der Waals surface area contributed by atoms with Crippen LogP contribution in [0.3, 0.4) is 0 Å². The molecule has 0 amide bonds. The highest BCUT2D eigenvalue weighted by Gasteiger charge is 2.25. The van der Waals surface area contributed by atoms with Crippen LogP contribution >= 0.6 is 23.2 Å². The van der Waals surface area contributed by atoms with Crippen molar-refractivity contribution in [2.24, 2.45) is 0 Å². The normalized spacial score (nSPS) is 18.7. The van der Waals surface area contributed by atoms with Gasteiger partial charge in [0.15, 0.2) is 5.75 Å². The van der Waals surface area contributed by atoms with E-state index in [1.807, 2.05) is 0 Å². The number of likely N-dealkylation sites (tertiary alicyclic amines) is 1. The molecule has 6 rings (SSSR count). The Bertz CT molecular complexity index is 1460. The molecule has 12 heteroatoms. The number of piperidine rings is 1. The van der Waals surface area contributed by atoms with Gasteiger partial charge in [-0.05, 0) is 51.8 Å². The van der Waals surface area contributed by atoms with Crippen LogP contribution in [0.2, 0.25) is 10.2 Å². The number of fused-ring (bicyclic) bond motifs is 2. The second kappa shape index (κ2) is 10.1. The summed E-state index contributed by atoms with van der Waals surface area (Å²) < 4.78 is 26.8. The number of aromatic nitrogens is 5. The van der Waals surface area contributed by atoms with Crippen molar-refractivity contribution in [3.63, 3.8) is 0 Å². The summed E-state index contributed by atoms with van der Waals surface area (Å²) in [6.45, 7) is 3.24. The maximum absolute atomic E-state index is 14.6. The van der Waals surface area contributed by atoms with Gasteiger partial charge in [-0.3, -0.25) is 5.10 Å². The van der Waals surface area contributed by atoms with Crippen molar-refractivity contribution in [1.82, 2.24) is 30.0 Å². The van der Waals surface area contributed by atoms with Gasteiger partial charge in [-0.25, -0.2) is 4.39 Å². The molecule has 1 aromatic carbocycles. The van der Waals surface area contributed by atoms with Gasteiger partial charge in [-0.2, -0.15) is 20.1 Å². The highest BCUT2D eigenvalue weighted by molar-refractivity contribution is 6.33. The lowest BCUT2D eigenvalue weighted by atomic mass is 10.1. The van der Waals surface area contributed by atoms with Gasteiger partial charge in [0.25, 0.3) is 0 Å². The Morgan fingerprint density at radius 2 is 1.89 bits per heavy atom. The first-order valence-electron chi connectivity index (χ1n) is 12.4. The van der Waals surface area contributed by atoms with E-state index < -0.39 is 5.82 Å². The molecule has 2 fully saturated rings. The molecule has 37 heavy (non-hydrogen) atoms. The molecule has 3 aromatic heterocycles. The lowest BCUT2D eigenvalue weighted by molar-refractivity contribution is 0.188. The Morgan fingerprint density at radius 1 is 1.05 bits per heavy atom. The third-order valence-corrected chi connectivity index (χ3v) is 7.65. The van der Waals surface area contributed by atoms with Crippen LogP contribution in [0.5, 0.6) is 17.6 Å². The molecule has 9 nitrogen and oxygen atoms in total. The molecular formula is C25H26Cl2FN7O2. The third kappa shape index (κ3) is 4.73. The van der Waals surface area contributed by atoms with E-state index >= 15 is 0 Å². The van der Waals surface area contributed by atoms with E-state index in [9.17, 15) is 4.39 Å². The minimum Gasteiger partial charge on any atom is -0.462 e. The molecule has 4 aromatic rings. The highest BCUT2D eigenvalue weighted by atomic mass is 35.5. The van der Waals surface area contributed by atoms with Crippen molar-refractivity contribution in [3.05, 3.63) is 34.3 Å². The fourth-order valence-electron chi connectivity index (χ4n) is 5.08. The van der Waals surface area contributed by atoms with Crippen molar-refractivity contribution in [2.75, 3.05) is 38.2 Å². The smallest absolute Gasteiger partial charge is 0.319 e. The van der Waals surface area contributed by atoms with E-state index in [-0.39, 0.29) is 27.8 Å². The average Bonchev–Trinajstić information content (AvgIpc) is 3.54. The molecule has 194 valence electrons. The molecule has 1 atom stereocenters. The van der Waals surface area contributed by atoms with Crippen molar-refractivity contribution in [2.45, 2.75) is 38.1 Å². The third-order valence-electron chi connectivity index (χ3n) is 7.10. The zero-order valence-corrected chi connectivity index (χ0v) is 21.8. The molecule has 0 radical (unpaired) electrons. The number of nitrogens with one attached hydrogen (secondary N) is 1. The largest absolute Gasteiger partial charge is 0.462 e. The lowest BCUT2D eigenvalue weighted by Crippen LogP contribution is -2.32. The lowest BCUT2D eigenvalue weighted by Gasteiger charge is -2.29. The van der Waals surface area contributed by atoms with E-state index in [0.717, 1.165) is 45.3 Å². The topological polar surface area (TPSA) is 92.3 Å². The molecule has 0 bridgehead atoms. The number of halogens is 3. The monoisotopic (exact) mass is 545 g/mol. The number of nitrogens with zero attached hydrogens (tertiary/aromatic N) is 6. The summed E-state index contributed by atoms with van der Waals surface area (Å²) >= 11 is 12.8. The van der Waals surface area contributed by atoms with E-state index in [2.05, 4.69) is 37.0 Å². The average molecular weight is 546 g/mol. The molecule has 2 aliphatic rings. The van der Waals surface area contributed by atoms with Gasteiger partial charge < -0.3 is 19.3 Å². The summed E-state index contributed by atoms with van der Waals surface area (Å²) in [5.74, 6) is 0.233. The maximum atomic E-state index is 14.6. The summed E-state index contributed by atoms with van der Waals surface area (Å²) in [5, 5.41) is 7.93. The summed E-state index contributed by atoms with van der Waals surface area (Å²) in [7, 11) is 2.10. The minimum absolute atomic E-state index is 0.0784. The minimum atomic E-state index is -0.645. The standard InChI is InChI=1S/C25H26Cl2FN7O2/c1-34-7-5-6-14(34)13-36-25-31-21-15(23(32-25)35-8-3-2-4-9-35)10-19(26)30-24(21)37-22-16-12-29-33-18(16)11-17(28)20(22)27/h10-12,14H,2-9,13H2,1H3,(H,29,33)/t14-/m0/s1. The molecule has 1 N–H and O–H groups in total. The fourth-order valence-corrected chi connectivity index (χ4v) is 5.46. The Morgan fingerprint density at radius 3 is 2.68 bits per heavy atom. The second-order valence-corrected chi connectivity index (χ2v) is 10.3. The van der Waals surface area contributed by atoms with Crippen LogP contribution in [0, 0.1) is 5.82 Å². The summed E-state index contributed by atoms with van der Waals surface area (Å²) in [6, 6.07) is 3.53. The number of likely N-dealkylation sites (N-methyl/N-ethyl adjacent to an activating group) is 1. The van der Waals surface area contributed by atoms with Gasteiger partial charge in [-0.15, -0.1) is 0 Å². The predicted octanol–water partition coefficient (Wildman–Crippen LogP) is 5.60. The Labute approximate surface area is 222 Å². The van der Waals surface area contributed by atoms with Crippen LogP contribution in [0.4, 0.5) is 10.2 Å². The SMILES string of the molecule is CN1CCC[C@H]1COc1nc(N2CCCCC2)c2cc(Cl)nc(Oc3c(Cl)c(F)cc4[nH]ncc34)c2n1. The van der Waals surface area contributed by atoms with Gasteiger partial charge in [-0.1, -0.05) is 23.2 Å². The number of aromatic amines is 1. The number of hydrogen-bond donors (Lipinski definition) is 1. The van der Waals surface area contributed by atoms with E-state index in [0.29, 0.717) is 40.3 Å². The number of ether oxygens (including phenoxy) is 2. The summed E-state index contributed by atoms with van der Waals surface area (Å²) in [6.07, 6.45) is 7.02. The van der Waals surface area contributed by atoms with Gasteiger partial charge >= 0.3 is 6.01 Å². The van der Waals surface area contributed by atoms with Crippen LogP contribution < -0.4 is 14.4 Å². The van der Waals surface area contributed by atoms with E-state index in [1.165, 1.54) is 18.7 Å². The number of H-pyrrole nitrogens is 1. The quantitative estimate of drug-likeness (QED) is 0.313. The number of anilines is 1. The number of pyridine rings is 1. The molecular weight excluding hydrogens is 520 g/mol. The molecule has 2 aliphatic heterocycles. The first kappa shape index (κ1) is 24.4. The van der Waals surface area contributed by atoms with Crippen molar-refractivity contribution < 1.29 is 13.9 Å². The van der Waals surface area contributed by atoms with Crippen LogP contribution in [-0.4, -0.2) is 69.4 Å². The summed E-state index contributed by atoms with van der Waals surface area (Å²) in [5.41, 5.74) is 0.850. The van der Waals surface area contributed by atoms with Crippen LogP contribution in [0.25, 0.3) is 21.8 Å². The van der Waals surface area contributed by atoms with Gasteiger partial charge in [0.2, 0.25) is 5.88 Å². The molecule has 0 unspecified atom stereocenters. The molecule has 2 saturated heterocycles. The Hall–Kier alpha value is -2.95. The van der Waals surface area contributed by atoms with E-state index in [4.69, 9.17) is 37.7 Å². The molecule has 0 saturated carbocycles. The Kier molecular flexibility index (Phi) is 6.64. The zero-order valence-electron chi connectivity index (χ0n) is 20.3. The van der Waals surface area contributed by atoms with E-state index in [1.54, 1.807) is 6.07 Å². The van der Waals surface area contributed by atoms with Crippen molar-refractivity contribution in [3.8, 4) is 17.6 Å². The number of rotatable bonds is 6. The highest BCUT2D eigenvalue weighted by Crippen LogP contribution is 2.41. The first-order valence-corrected chi connectivity index (χ1v) is 13.2. The predicted molar refractivity (Wildman–Crippen MR) is 141 cm³/mol. The first-order chi connectivity index (χ1) is 18.0. The Balaban J connectivity index is 1.46. The fraction of sp³-hybridized carbons (Fsp3) is 0.440. The van der Waals surface area contributed by atoms with Crippen molar-refractivity contribution >= 4 is 50.8 Å². The van der Waals surface area contributed by atoms with Crippen LogP contribution in [0.1, 0.15) is 32.1 Å². The number of benzene rings is 1. The number of hydrogen-bond acceptors (Lipinski definition) is 8. The second-order valence-electron chi connectivity index (χ2n) is 9.55. The van der Waals surface area contributed by atoms with Gasteiger partial charge in [0, 0.05) is 25.2 Å². The van der Waals surface area contributed by atoms with Gasteiger partial charge in [0.05, 0.1) is 22.5 Å². The molecule has 5 heterocycles. The van der Waals surface area contributed by atoms with Gasteiger partial charge in [0.1, 0.15) is 33.9 Å². The van der Waals surface area contributed by atoms with Crippen LogP contribution in [-0.2, 0) is 0 Å². The molecule has 0 aliphatic carbocycles.